The van der Waals surface area contributed by atoms with Gasteiger partial charge in [0, 0.05) is 52.2 Å². The summed E-state index contributed by atoms with van der Waals surface area (Å²) in [6.45, 7) is 6.66. The van der Waals surface area contributed by atoms with Gasteiger partial charge in [0.1, 0.15) is 89.4 Å². The van der Waals surface area contributed by atoms with Gasteiger partial charge < -0.3 is 129 Å². The van der Waals surface area contributed by atoms with E-state index >= 15 is 24.0 Å². The molecule has 648 valence electrons. The molecular formula is C83H93Cl3N14O22. The fourth-order valence-corrected chi connectivity index (χ4v) is 15.7. The summed E-state index contributed by atoms with van der Waals surface area (Å²) < 4.78 is 40.0. The molecule has 21 N–H and O–H groups in total. The number of aliphatic hydroxyl groups is 5. The first kappa shape index (κ1) is 90.1. The number of halogens is 3. The van der Waals surface area contributed by atoms with Crippen LogP contribution in [-0.2, 0) is 59.1 Å². The van der Waals surface area contributed by atoms with Crippen LogP contribution in [0.5, 0.6) is 46.0 Å². The normalized spacial score (nSPS) is 26.2. The van der Waals surface area contributed by atoms with E-state index in [4.69, 9.17) is 74.7 Å². The van der Waals surface area contributed by atoms with Crippen LogP contribution in [0.3, 0.4) is 0 Å². The second-order valence-electron chi connectivity index (χ2n) is 30.9. The first-order chi connectivity index (χ1) is 58.1. The molecule has 39 heteroatoms. The molecule has 8 amide bonds. The monoisotopic (exact) mass is 1740 g/mol. The molecule has 122 heavy (non-hydrogen) atoms. The number of azide groups is 1. The van der Waals surface area contributed by atoms with Crippen LogP contribution in [0.4, 0.5) is 0 Å². The van der Waals surface area contributed by atoms with Gasteiger partial charge in [-0.1, -0.05) is 108 Å². The summed E-state index contributed by atoms with van der Waals surface area (Å²) >= 11 is 20.6. The van der Waals surface area contributed by atoms with Crippen molar-refractivity contribution in [2.75, 3.05) is 26.7 Å². The van der Waals surface area contributed by atoms with Crippen LogP contribution >= 0.6 is 34.8 Å². The number of primary amides is 1. The third-order valence-electron chi connectivity index (χ3n) is 21.7. The summed E-state index contributed by atoms with van der Waals surface area (Å²) in [5, 5.41) is 124. The lowest BCUT2D eigenvalue weighted by Gasteiger charge is -2.48. The fourth-order valence-electron chi connectivity index (χ4n) is 15.1. The highest BCUT2D eigenvalue weighted by Crippen LogP contribution is 2.50. The minimum absolute atomic E-state index is 0.0304. The van der Waals surface area contributed by atoms with Gasteiger partial charge >= 0.3 is 0 Å². The lowest BCUT2D eigenvalue weighted by atomic mass is 9.84. The van der Waals surface area contributed by atoms with Crippen molar-refractivity contribution in [1.29, 1.82) is 0 Å². The lowest BCUT2D eigenvalue weighted by molar-refractivity contribution is -0.331. The molecule has 2 fully saturated rings. The van der Waals surface area contributed by atoms with E-state index in [2.05, 4.69) is 57.9 Å². The maximum absolute atomic E-state index is 16.4. The molecule has 7 aliphatic heterocycles. The van der Waals surface area contributed by atoms with E-state index in [0.717, 1.165) is 77.4 Å². The lowest BCUT2D eigenvalue weighted by Crippen LogP contribution is -2.65. The van der Waals surface area contributed by atoms with Gasteiger partial charge in [-0.05, 0) is 169 Å². The topological polar surface area (TPSA) is 563 Å². The Morgan fingerprint density at radius 1 is 0.697 bits per heavy atom. The van der Waals surface area contributed by atoms with Gasteiger partial charge in [0.25, 0.3) is 0 Å². The summed E-state index contributed by atoms with van der Waals surface area (Å²) in [5.41, 5.74) is 20.3. The van der Waals surface area contributed by atoms with Crippen molar-refractivity contribution >= 4 is 82.1 Å². The summed E-state index contributed by atoms with van der Waals surface area (Å²) in [4.78, 5) is 123. The van der Waals surface area contributed by atoms with Crippen LogP contribution in [0.1, 0.15) is 124 Å². The van der Waals surface area contributed by atoms with E-state index in [1.165, 1.54) is 25.2 Å². The Labute approximate surface area is 713 Å². The molecule has 7 aromatic carbocycles. The standard InChI is InChI=1S/C83H93Cl3N14O22/c1-36(2)24-51(90-5)75(110)98-66-68(105)42-15-20-55(49(85)26-42)118-57-28-44-29-58(72(57)122-82-73(71(108)70(107)59(120-82)35-93-100-89)121-61-33-83(4,74(109)37(3)117-61)92-34-38-8-10-39(11-9-38)40-12-17-45(84)18-13-40)119-56-21-16-43(27-50(56)86)69(106)67-81(116)97-65(77(112)91-23-7-6-22-87)48-30-46(101)31-54(103)62(48)47-25-41(14-19-53(47)102)63(78(113)99-67)96-79(114)64(44)95-76(111)52(32-60(88)104)94-80(66)115/h8-21,25-31,36-37,51-52,59,61,63-71,73-74,82,90,92,101-103,105-109H,6-7,22-24,32-35,87H2,1-5H3,(H2,88,104)(H,91,112)(H,94,115)(H,95,111)(H,96,114)(H,97,116)(H,98,110)(H,99,113)/t37?,51?,52-,59?,61?,63+,64?,65-,66?,67?,68?,69?,70?,71?,73?,74?,82?,83?/m0/s1. The Morgan fingerprint density at radius 2 is 1.32 bits per heavy atom. The van der Waals surface area contributed by atoms with Gasteiger partial charge in [0.2, 0.25) is 59.3 Å². The molecule has 7 aliphatic rings. The number of fused-ring (bicyclic) bond motifs is 15. The number of hydrogen-bond donors (Lipinski definition) is 19. The molecule has 7 aromatic rings. The molecule has 0 aliphatic carbocycles. The van der Waals surface area contributed by atoms with Crippen LogP contribution in [0.2, 0.25) is 15.1 Å². The number of rotatable bonds is 22. The number of aromatic hydroxyl groups is 3. The number of amides is 8. The molecule has 0 aromatic heterocycles. The highest BCUT2D eigenvalue weighted by atomic mass is 35.5. The fraction of sp³-hybridized carbons (Fsp3) is 0.398. The number of phenols is 3. The van der Waals surface area contributed by atoms with Crippen molar-refractivity contribution in [3.05, 3.63) is 186 Å². The molecule has 0 spiro atoms. The van der Waals surface area contributed by atoms with Crippen LogP contribution in [0.15, 0.2) is 133 Å². The van der Waals surface area contributed by atoms with Crippen LogP contribution < -0.4 is 73.5 Å². The number of unbranched alkanes of at least 4 members (excludes halogenated alkanes) is 1. The Bertz CT molecular complexity index is 5150. The highest BCUT2D eigenvalue weighted by molar-refractivity contribution is 6.32. The molecule has 7 heterocycles. The van der Waals surface area contributed by atoms with Crippen molar-refractivity contribution in [2.24, 2.45) is 22.5 Å². The second-order valence-corrected chi connectivity index (χ2v) is 32.1. The quantitative estimate of drug-likeness (QED) is 0.0176. The highest BCUT2D eigenvalue weighted by Gasteiger charge is 2.52. The molecule has 15 unspecified atom stereocenters. The number of nitrogens with two attached hydrogens (primary N) is 2. The molecule has 2 saturated heterocycles. The zero-order valence-corrected chi connectivity index (χ0v) is 68.6. The Balaban J connectivity index is 1.05. The van der Waals surface area contributed by atoms with Crippen LogP contribution in [-0.4, -0.2) is 194 Å². The number of carbonyl (C=O) groups excluding carboxylic acids is 8. The summed E-state index contributed by atoms with van der Waals surface area (Å²) in [6.07, 6.45) is -17.9. The maximum Gasteiger partial charge on any atom is 0.248 e. The summed E-state index contributed by atoms with van der Waals surface area (Å²) in [5.74, 6) is -14.7. The zero-order valence-electron chi connectivity index (χ0n) is 66.3. The third kappa shape index (κ3) is 20.4. The first-order valence-corrected chi connectivity index (χ1v) is 40.2. The molecule has 18 atom stereocenters. The molecule has 14 rings (SSSR count). The average molecular weight is 1750 g/mol. The largest absolute Gasteiger partial charge is 0.508 e. The van der Waals surface area contributed by atoms with Crippen molar-refractivity contribution in [3.63, 3.8) is 0 Å². The second kappa shape index (κ2) is 38.9. The zero-order chi connectivity index (χ0) is 87.9. The van der Waals surface area contributed by atoms with Crippen LogP contribution in [0.25, 0.3) is 32.7 Å². The number of nitrogens with one attached hydrogen (secondary N) is 9. The van der Waals surface area contributed by atoms with E-state index in [1.807, 2.05) is 50.2 Å². The van der Waals surface area contributed by atoms with Gasteiger partial charge in [-0.2, -0.15) is 0 Å². The minimum Gasteiger partial charge on any atom is -0.508 e. The van der Waals surface area contributed by atoms with E-state index < -0.39 is 220 Å². The molecule has 0 saturated carbocycles. The molecular weight excluding hydrogens is 1650 g/mol. The van der Waals surface area contributed by atoms with Gasteiger partial charge in [-0.3, -0.25) is 38.4 Å². The van der Waals surface area contributed by atoms with Crippen molar-refractivity contribution in [2.45, 2.75) is 176 Å². The molecule has 0 radical (unpaired) electrons. The van der Waals surface area contributed by atoms with E-state index in [0.29, 0.717) is 17.9 Å². The summed E-state index contributed by atoms with van der Waals surface area (Å²) in [6, 6.07) is 15.2. The summed E-state index contributed by atoms with van der Waals surface area (Å²) in [7, 11) is 1.48. The number of likely N-dealkylation sites (N-methyl/N-ethyl adjacent to an activating group) is 1. The maximum atomic E-state index is 16.4. The first-order valence-electron chi connectivity index (χ1n) is 39.1. The van der Waals surface area contributed by atoms with E-state index in [9.17, 15) is 60.8 Å². The number of aliphatic hydroxyl groups excluding tert-OH is 5. The Hall–Kier alpha value is -11.2. The molecule has 11 bridgehead atoms. The van der Waals surface area contributed by atoms with Crippen LogP contribution in [0, 0.1) is 5.92 Å². The third-order valence-corrected chi connectivity index (χ3v) is 22.5. The molecule has 36 nitrogen and oxygen atoms in total. The number of carbonyl (C=O) groups is 8. The number of ether oxygens (including phenoxy) is 6. The van der Waals surface area contributed by atoms with Gasteiger partial charge in [-0.25, -0.2) is 0 Å². The average Bonchev–Trinajstić information content (AvgIpc) is 0.763. The predicted molar refractivity (Wildman–Crippen MR) is 439 cm³/mol. The number of benzene rings is 7. The number of phenolic OH excluding ortho intramolecular Hbond substituents is 3. The van der Waals surface area contributed by atoms with Crippen molar-refractivity contribution in [3.8, 4) is 68.2 Å². The van der Waals surface area contributed by atoms with Crippen molar-refractivity contribution in [1.82, 2.24) is 47.9 Å². The van der Waals surface area contributed by atoms with Crippen molar-refractivity contribution < 1.29 is 108 Å². The predicted octanol–water partition coefficient (Wildman–Crippen LogP) is 5.35. The smallest absolute Gasteiger partial charge is 0.248 e. The van der Waals surface area contributed by atoms with E-state index in [-0.39, 0.29) is 82.7 Å². The number of nitrogens with zero attached hydrogens (tertiary/aromatic N) is 3. The minimum atomic E-state index is -2.37. The Morgan fingerprint density at radius 3 is 1.94 bits per heavy atom. The Kier molecular flexibility index (Phi) is 28.7. The van der Waals surface area contributed by atoms with Gasteiger partial charge in [-0.15, -0.1) is 0 Å². The SMILES string of the molecule is CNC(CC(C)C)C(=O)NC1C(=O)N[C@@H](CC(N)=O)C(=O)NC2C(=O)N[C@H]3C(=O)NC(C(=O)N[C@H](C(=O)NCCCCN)c4cc(O)cc(O)c4-c4cc3ccc4O)C(O)c3ccc(c(Cl)c3)Oc3cc2cc(c3OC2OC(CN=[N+]=[N-])C(O)C(O)C2OC2CC(C)(NCc3ccc(-c4ccc(Cl)cc4)cc3)C(O)C(C)O2)Oc2ccc(cc2Cl)C1O. The van der Waals surface area contributed by atoms with Gasteiger partial charge in [0.15, 0.2) is 23.9 Å². The number of hydrogen-bond acceptors (Lipinski definition) is 26. The van der Waals surface area contributed by atoms with Gasteiger partial charge in [0.05, 0.1) is 47.4 Å². The van der Waals surface area contributed by atoms with E-state index in [1.54, 1.807) is 26.0 Å².